The van der Waals surface area contributed by atoms with Gasteiger partial charge in [-0.3, -0.25) is 4.79 Å². The summed E-state index contributed by atoms with van der Waals surface area (Å²) in [4.78, 5) is 14.9. The normalized spacial score (nSPS) is 11.5. The average molecular weight is 408 g/mol. The lowest BCUT2D eigenvalue weighted by Gasteiger charge is -2.24. The molecule has 0 saturated carbocycles. The van der Waals surface area contributed by atoms with Gasteiger partial charge in [0.2, 0.25) is 0 Å². The van der Waals surface area contributed by atoms with Gasteiger partial charge >= 0.3 is 5.97 Å². The molecule has 0 radical (unpaired) electrons. The topological polar surface area (TPSA) is 57.2 Å². The number of nitrogens with zero attached hydrogens (tertiary/aromatic N) is 1. The summed E-state index contributed by atoms with van der Waals surface area (Å²) >= 11 is 6.57. The minimum Gasteiger partial charge on any atom is -0.496 e. The van der Waals surface area contributed by atoms with Crippen LogP contribution in [0.4, 0.5) is 5.69 Å². The fourth-order valence-electron chi connectivity index (χ4n) is 2.97. The Balaban J connectivity index is 2.74. The summed E-state index contributed by atoms with van der Waals surface area (Å²) in [7, 11) is 8.44. The minimum absolute atomic E-state index is 0.240. The summed E-state index contributed by atoms with van der Waals surface area (Å²) < 4.78 is 21.7. The van der Waals surface area contributed by atoms with Gasteiger partial charge in [-0.15, -0.1) is 0 Å². The monoisotopic (exact) mass is 407 g/mol. The van der Waals surface area contributed by atoms with Crippen LogP contribution in [0, 0.1) is 0 Å². The fraction of sp³-hybridized carbons (Fsp3) is 0.381. The molecule has 0 saturated heterocycles. The van der Waals surface area contributed by atoms with Gasteiger partial charge in [-0.25, -0.2) is 0 Å². The summed E-state index contributed by atoms with van der Waals surface area (Å²) in [5.41, 5.74) is 2.06. The Morgan fingerprint density at radius 1 is 1.04 bits per heavy atom. The SMILES string of the molecule is CCOC(=O)C(c1ccc(N(C)C)cc1Cl)c1c(OC)cc(OC)cc1OC. The molecule has 0 aromatic heterocycles. The zero-order valence-electron chi connectivity index (χ0n) is 17.0. The van der Waals surface area contributed by atoms with Gasteiger partial charge in [0, 0.05) is 36.9 Å². The first-order chi connectivity index (χ1) is 13.4. The van der Waals surface area contributed by atoms with Crippen molar-refractivity contribution in [3.8, 4) is 17.2 Å². The Bertz CT molecular complexity index is 813. The Kier molecular flexibility index (Phi) is 7.40. The van der Waals surface area contributed by atoms with Crippen molar-refractivity contribution in [2.45, 2.75) is 12.8 Å². The Hall–Kier alpha value is -2.60. The van der Waals surface area contributed by atoms with Crippen LogP contribution in [-0.4, -0.2) is 48.0 Å². The highest BCUT2D eigenvalue weighted by Crippen LogP contribution is 2.44. The van der Waals surface area contributed by atoms with Crippen LogP contribution < -0.4 is 19.1 Å². The summed E-state index contributed by atoms with van der Waals surface area (Å²) in [5.74, 6) is 0.182. The highest BCUT2D eigenvalue weighted by atomic mass is 35.5. The summed E-state index contributed by atoms with van der Waals surface area (Å²) in [6, 6.07) is 8.93. The smallest absolute Gasteiger partial charge is 0.318 e. The van der Waals surface area contributed by atoms with Crippen LogP contribution in [0.1, 0.15) is 24.0 Å². The maximum atomic E-state index is 13.0. The third-order valence-electron chi connectivity index (χ3n) is 4.38. The maximum absolute atomic E-state index is 13.0. The number of carbonyl (C=O) groups is 1. The number of hydrogen-bond donors (Lipinski definition) is 0. The lowest BCUT2D eigenvalue weighted by Crippen LogP contribution is -2.20. The molecule has 0 bridgehead atoms. The molecule has 152 valence electrons. The number of halogens is 1. The number of ether oxygens (including phenoxy) is 4. The van der Waals surface area contributed by atoms with Crippen LogP contribution in [0.3, 0.4) is 0 Å². The van der Waals surface area contributed by atoms with Crippen LogP contribution >= 0.6 is 11.6 Å². The van der Waals surface area contributed by atoms with E-state index in [1.54, 1.807) is 26.2 Å². The predicted molar refractivity (Wildman–Crippen MR) is 110 cm³/mol. The zero-order chi connectivity index (χ0) is 20.8. The predicted octanol–water partition coefficient (Wildman–Crippen LogP) is 4.13. The first-order valence-electron chi connectivity index (χ1n) is 8.81. The van der Waals surface area contributed by atoms with E-state index < -0.39 is 11.9 Å². The van der Waals surface area contributed by atoms with Crippen molar-refractivity contribution >= 4 is 23.3 Å². The molecule has 28 heavy (non-hydrogen) atoms. The largest absolute Gasteiger partial charge is 0.496 e. The number of esters is 1. The van der Waals surface area contributed by atoms with Gasteiger partial charge in [0.25, 0.3) is 0 Å². The van der Waals surface area contributed by atoms with Crippen molar-refractivity contribution in [1.82, 2.24) is 0 Å². The molecule has 1 atom stereocenters. The number of anilines is 1. The third kappa shape index (κ3) is 4.44. The van der Waals surface area contributed by atoms with Crippen LogP contribution in [0.2, 0.25) is 5.02 Å². The van der Waals surface area contributed by atoms with Gasteiger partial charge in [-0.2, -0.15) is 0 Å². The lowest BCUT2D eigenvalue weighted by molar-refractivity contribution is -0.143. The zero-order valence-corrected chi connectivity index (χ0v) is 17.8. The third-order valence-corrected chi connectivity index (χ3v) is 4.70. The number of hydrogen-bond acceptors (Lipinski definition) is 6. The molecule has 0 aliphatic carbocycles. The number of methoxy groups -OCH3 is 3. The number of carbonyl (C=O) groups excluding carboxylic acids is 1. The molecule has 0 N–H and O–H groups in total. The van der Waals surface area contributed by atoms with E-state index in [9.17, 15) is 4.79 Å². The van der Waals surface area contributed by atoms with Gasteiger partial charge < -0.3 is 23.8 Å². The van der Waals surface area contributed by atoms with Crippen molar-refractivity contribution < 1.29 is 23.7 Å². The molecule has 0 amide bonds. The highest BCUT2D eigenvalue weighted by Gasteiger charge is 2.33. The van der Waals surface area contributed by atoms with Crippen molar-refractivity contribution in [2.24, 2.45) is 0 Å². The Morgan fingerprint density at radius 3 is 2.07 bits per heavy atom. The first kappa shape index (κ1) is 21.7. The van der Waals surface area contributed by atoms with E-state index in [1.165, 1.54) is 14.2 Å². The molecule has 2 aromatic carbocycles. The number of rotatable bonds is 8. The van der Waals surface area contributed by atoms with Gasteiger partial charge in [0.05, 0.1) is 33.5 Å². The second-order valence-corrected chi connectivity index (χ2v) is 6.64. The van der Waals surface area contributed by atoms with Crippen molar-refractivity contribution in [2.75, 3.05) is 46.9 Å². The number of benzene rings is 2. The maximum Gasteiger partial charge on any atom is 0.318 e. The van der Waals surface area contributed by atoms with Gasteiger partial charge in [-0.1, -0.05) is 17.7 Å². The van der Waals surface area contributed by atoms with Crippen LogP contribution in [0.15, 0.2) is 30.3 Å². The van der Waals surface area contributed by atoms with E-state index >= 15 is 0 Å². The van der Waals surface area contributed by atoms with E-state index in [1.807, 2.05) is 37.2 Å². The lowest BCUT2D eigenvalue weighted by atomic mass is 9.89. The van der Waals surface area contributed by atoms with E-state index in [4.69, 9.17) is 30.5 Å². The average Bonchev–Trinajstić information content (AvgIpc) is 2.69. The van der Waals surface area contributed by atoms with E-state index in [-0.39, 0.29) is 6.61 Å². The second-order valence-electron chi connectivity index (χ2n) is 6.23. The standard InChI is InChI=1S/C21H26ClNO5/c1-7-28-21(24)19(15-9-8-13(23(2)3)10-16(15)22)20-17(26-5)11-14(25-4)12-18(20)27-6/h8-12,19H,7H2,1-6H3. The molecule has 2 aromatic rings. The summed E-state index contributed by atoms with van der Waals surface area (Å²) in [5, 5.41) is 0.448. The minimum atomic E-state index is -0.820. The van der Waals surface area contributed by atoms with E-state index in [0.29, 0.717) is 33.4 Å². The molecule has 2 rings (SSSR count). The van der Waals surface area contributed by atoms with Crippen LogP contribution in [0.5, 0.6) is 17.2 Å². The molecule has 0 heterocycles. The van der Waals surface area contributed by atoms with Crippen molar-refractivity contribution in [3.05, 3.63) is 46.5 Å². The summed E-state index contributed by atoms with van der Waals surface area (Å²) in [6.45, 7) is 2.00. The molecule has 0 spiro atoms. The fourth-order valence-corrected chi connectivity index (χ4v) is 3.26. The van der Waals surface area contributed by atoms with Gasteiger partial charge in [0.1, 0.15) is 23.2 Å². The highest BCUT2D eigenvalue weighted by molar-refractivity contribution is 6.32. The molecule has 6 nitrogen and oxygen atoms in total. The van der Waals surface area contributed by atoms with Crippen molar-refractivity contribution in [1.29, 1.82) is 0 Å². The van der Waals surface area contributed by atoms with Gasteiger partial charge in [0.15, 0.2) is 0 Å². The van der Waals surface area contributed by atoms with Crippen LogP contribution in [-0.2, 0) is 9.53 Å². The van der Waals surface area contributed by atoms with Crippen molar-refractivity contribution in [3.63, 3.8) is 0 Å². The van der Waals surface area contributed by atoms with E-state index in [0.717, 1.165) is 5.69 Å². The summed E-state index contributed by atoms with van der Waals surface area (Å²) in [6.07, 6.45) is 0. The second kappa shape index (κ2) is 9.55. The first-order valence-corrected chi connectivity index (χ1v) is 9.18. The molecular formula is C21H26ClNO5. The molecule has 7 heteroatoms. The van der Waals surface area contributed by atoms with Gasteiger partial charge in [-0.05, 0) is 24.6 Å². The Labute approximate surface area is 170 Å². The molecular weight excluding hydrogens is 382 g/mol. The quantitative estimate of drug-likeness (QED) is 0.613. The molecule has 1 unspecified atom stereocenters. The van der Waals surface area contributed by atoms with Crippen LogP contribution in [0.25, 0.3) is 0 Å². The van der Waals surface area contributed by atoms with E-state index in [2.05, 4.69) is 0 Å². The molecule has 0 fully saturated rings. The molecule has 0 aliphatic heterocycles. The molecule has 0 aliphatic rings. The Morgan fingerprint density at radius 2 is 1.64 bits per heavy atom.